The molecular weight excluding hydrogens is 407 g/mol. The first-order chi connectivity index (χ1) is 14.5. The van der Waals surface area contributed by atoms with Crippen molar-refractivity contribution in [1.29, 1.82) is 0 Å². The number of carbonyl (C=O) groups is 1. The van der Waals surface area contributed by atoms with Gasteiger partial charge in [0.2, 0.25) is 0 Å². The van der Waals surface area contributed by atoms with Crippen LogP contribution in [0.3, 0.4) is 0 Å². The average molecular weight is 427 g/mol. The maximum Gasteiger partial charge on any atom is 0.274 e. The maximum absolute atomic E-state index is 13.4. The lowest BCUT2D eigenvalue weighted by Crippen LogP contribution is -2.49. The molecule has 2 aromatic carbocycles. The molecule has 1 saturated heterocycles. The van der Waals surface area contributed by atoms with Gasteiger partial charge in [0, 0.05) is 37.9 Å². The van der Waals surface area contributed by atoms with Crippen LogP contribution in [0.15, 0.2) is 65.5 Å². The monoisotopic (exact) mass is 426 g/mol. The second kappa shape index (κ2) is 8.67. The van der Waals surface area contributed by atoms with Crippen LogP contribution in [0.5, 0.6) is 0 Å². The first kappa shape index (κ1) is 20.1. The van der Waals surface area contributed by atoms with Crippen molar-refractivity contribution in [3.8, 4) is 0 Å². The molecule has 6 nitrogen and oxygen atoms in total. The first-order valence-electron chi connectivity index (χ1n) is 9.62. The van der Waals surface area contributed by atoms with E-state index in [2.05, 4.69) is 10.00 Å². The number of nitrogens with zero attached hydrogens (tertiary/aromatic N) is 4. The predicted molar refractivity (Wildman–Crippen MR) is 114 cm³/mol. The zero-order valence-electron chi connectivity index (χ0n) is 16.2. The van der Waals surface area contributed by atoms with Crippen molar-refractivity contribution in [2.75, 3.05) is 31.1 Å². The molecule has 0 N–H and O–H groups in total. The Morgan fingerprint density at radius 3 is 2.43 bits per heavy atom. The first-order valence-corrected chi connectivity index (χ1v) is 10.0. The second-order valence-electron chi connectivity index (χ2n) is 7.08. The molecule has 2 heterocycles. The van der Waals surface area contributed by atoms with E-state index >= 15 is 0 Å². The summed E-state index contributed by atoms with van der Waals surface area (Å²) in [6.45, 7) is 2.48. The Bertz CT molecular complexity index is 1110. The predicted octanol–water partition coefficient (Wildman–Crippen LogP) is 3.05. The van der Waals surface area contributed by atoms with E-state index < -0.39 is 5.82 Å². The molecule has 0 atom stereocenters. The van der Waals surface area contributed by atoms with Crippen molar-refractivity contribution in [1.82, 2.24) is 14.7 Å². The molecule has 0 spiro atoms. The normalized spacial score (nSPS) is 14.1. The van der Waals surface area contributed by atoms with Gasteiger partial charge < -0.3 is 9.80 Å². The summed E-state index contributed by atoms with van der Waals surface area (Å²) in [5.74, 6) is -0.667. The molecule has 154 valence electrons. The number of piperazine rings is 1. The number of amides is 1. The highest BCUT2D eigenvalue weighted by atomic mass is 35.5. The van der Waals surface area contributed by atoms with E-state index in [0.717, 1.165) is 11.3 Å². The van der Waals surface area contributed by atoms with E-state index in [1.54, 1.807) is 17.0 Å². The van der Waals surface area contributed by atoms with Gasteiger partial charge in [0.1, 0.15) is 11.5 Å². The van der Waals surface area contributed by atoms with E-state index in [9.17, 15) is 14.0 Å². The van der Waals surface area contributed by atoms with Crippen LogP contribution < -0.4 is 10.5 Å². The second-order valence-corrected chi connectivity index (χ2v) is 7.48. The summed E-state index contributed by atoms with van der Waals surface area (Å²) in [5, 5.41) is 4.36. The van der Waals surface area contributed by atoms with Crippen molar-refractivity contribution in [2.24, 2.45) is 0 Å². The van der Waals surface area contributed by atoms with E-state index in [-0.39, 0.29) is 22.2 Å². The molecule has 1 aliphatic rings. The molecular formula is C22H20ClFN4O2. The molecule has 3 aromatic rings. The third kappa shape index (κ3) is 4.36. The van der Waals surface area contributed by atoms with Crippen LogP contribution in [0.2, 0.25) is 5.02 Å². The van der Waals surface area contributed by atoms with Gasteiger partial charge in [0.25, 0.3) is 11.5 Å². The van der Waals surface area contributed by atoms with Gasteiger partial charge in [-0.2, -0.15) is 5.10 Å². The molecule has 8 heteroatoms. The summed E-state index contributed by atoms with van der Waals surface area (Å²) in [7, 11) is 0. The van der Waals surface area contributed by atoms with Gasteiger partial charge in [-0.1, -0.05) is 41.9 Å². The Kier molecular flexibility index (Phi) is 5.81. The SMILES string of the molecule is O=C(c1ccc(=O)n(Cc2ccccc2)n1)N1CCN(c2ccc(F)c(Cl)c2)CC1. The number of halogens is 2. The van der Waals surface area contributed by atoms with E-state index in [0.29, 0.717) is 32.7 Å². The van der Waals surface area contributed by atoms with E-state index in [4.69, 9.17) is 11.6 Å². The molecule has 1 aliphatic heterocycles. The van der Waals surface area contributed by atoms with Gasteiger partial charge in [-0.25, -0.2) is 9.07 Å². The van der Waals surface area contributed by atoms with Crippen LogP contribution in [0, 0.1) is 5.82 Å². The van der Waals surface area contributed by atoms with Gasteiger partial charge in [0.15, 0.2) is 0 Å². The maximum atomic E-state index is 13.4. The highest BCUT2D eigenvalue weighted by Gasteiger charge is 2.24. The third-order valence-corrected chi connectivity index (χ3v) is 5.39. The summed E-state index contributed by atoms with van der Waals surface area (Å²) in [4.78, 5) is 28.8. The Hall–Kier alpha value is -3.19. The summed E-state index contributed by atoms with van der Waals surface area (Å²) in [6, 6.07) is 17.0. The number of hydrogen-bond donors (Lipinski definition) is 0. The highest BCUT2D eigenvalue weighted by molar-refractivity contribution is 6.31. The zero-order chi connectivity index (χ0) is 21.1. The molecule has 1 amide bonds. The molecule has 30 heavy (non-hydrogen) atoms. The lowest BCUT2D eigenvalue weighted by atomic mass is 10.2. The molecule has 1 aromatic heterocycles. The van der Waals surface area contributed by atoms with Crippen LogP contribution in [0.1, 0.15) is 16.1 Å². The molecule has 0 radical (unpaired) electrons. The number of hydrogen-bond acceptors (Lipinski definition) is 4. The van der Waals surface area contributed by atoms with Crippen LogP contribution in [0.25, 0.3) is 0 Å². The number of rotatable bonds is 4. The van der Waals surface area contributed by atoms with Crippen molar-refractivity contribution >= 4 is 23.2 Å². The van der Waals surface area contributed by atoms with E-state index in [1.807, 2.05) is 30.3 Å². The molecule has 1 fully saturated rings. The lowest BCUT2D eigenvalue weighted by molar-refractivity contribution is 0.0738. The van der Waals surface area contributed by atoms with Crippen molar-refractivity contribution < 1.29 is 9.18 Å². The molecule has 0 bridgehead atoms. The van der Waals surface area contributed by atoms with Gasteiger partial charge in [-0.15, -0.1) is 0 Å². The largest absolute Gasteiger partial charge is 0.368 e. The van der Waals surface area contributed by atoms with E-state index in [1.165, 1.54) is 22.9 Å². The van der Waals surface area contributed by atoms with Gasteiger partial charge >= 0.3 is 0 Å². The molecule has 4 rings (SSSR count). The van der Waals surface area contributed by atoms with Crippen LogP contribution >= 0.6 is 11.6 Å². The molecule has 0 saturated carbocycles. The number of aromatic nitrogens is 2. The van der Waals surface area contributed by atoms with Crippen LogP contribution in [-0.2, 0) is 6.54 Å². The number of anilines is 1. The van der Waals surface area contributed by atoms with Gasteiger partial charge in [-0.05, 0) is 29.8 Å². The van der Waals surface area contributed by atoms with Crippen LogP contribution in [-0.4, -0.2) is 46.8 Å². The minimum Gasteiger partial charge on any atom is -0.368 e. The third-order valence-electron chi connectivity index (χ3n) is 5.10. The fraction of sp³-hybridized carbons (Fsp3) is 0.227. The van der Waals surface area contributed by atoms with Gasteiger partial charge in [-0.3, -0.25) is 9.59 Å². The summed E-state index contributed by atoms with van der Waals surface area (Å²) in [5.41, 5.74) is 1.74. The van der Waals surface area contributed by atoms with Crippen LogP contribution in [0.4, 0.5) is 10.1 Å². The Balaban J connectivity index is 1.44. The highest BCUT2D eigenvalue weighted by Crippen LogP contribution is 2.23. The average Bonchev–Trinajstić information content (AvgIpc) is 2.77. The fourth-order valence-electron chi connectivity index (χ4n) is 3.44. The Morgan fingerprint density at radius 1 is 1.00 bits per heavy atom. The Labute approximate surface area is 178 Å². The number of carbonyl (C=O) groups excluding carboxylic acids is 1. The fourth-order valence-corrected chi connectivity index (χ4v) is 3.62. The van der Waals surface area contributed by atoms with Gasteiger partial charge in [0.05, 0.1) is 11.6 Å². The Morgan fingerprint density at radius 2 is 1.73 bits per heavy atom. The minimum atomic E-state index is -0.453. The summed E-state index contributed by atoms with van der Waals surface area (Å²) < 4.78 is 14.7. The zero-order valence-corrected chi connectivity index (χ0v) is 16.9. The van der Waals surface area contributed by atoms with Crippen molar-refractivity contribution in [3.63, 3.8) is 0 Å². The summed E-state index contributed by atoms with van der Waals surface area (Å²) >= 11 is 5.88. The quantitative estimate of drug-likeness (QED) is 0.643. The summed E-state index contributed by atoms with van der Waals surface area (Å²) in [6.07, 6.45) is 0. The standard InChI is InChI=1S/C22H20ClFN4O2/c23-18-14-17(6-7-19(18)24)26-10-12-27(13-11-26)22(30)20-8-9-21(29)28(25-20)15-16-4-2-1-3-5-16/h1-9,14H,10-13,15H2. The van der Waals surface area contributed by atoms with Crippen molar-refractivity contribution in [3.05, 3.63) is 93.1 Å². The molecule has 0 aliphatic carbocycles. The smallest absolute Gasteiger partial charge is 0.274 e. The lowest BCUT2D eigenvalue weighted by Gasteiger charge is -2.36. The minimum absolute atomic E-state index is 0.0795. The van der Waals surface area contributed by atoms with Crippen molar-refractivity contribution in [2.45, 2.75) is 6.54 Å². The topological polar surface area (TPSA) is 58.4 Å². The number of benzene rings is 2. The molecule has 0 unspecified atom stereocenters.